The van der Waals surface area contributed by atoms with Crippen molar-refractivity contribution in [1.29, 1.82) is 0 Å². The van der Waals surface area contributed by atoms with Crippen LogP contribution in [0.2, 0.25) is 0 Å². The normalized spacial score (nSPS) is 15.5. The predicted octanol–water partition coefficient (Wildman–Crippen LogP) is 2.36. The fraction of sp³-hybridized carbons (Fsp3) is 0.611. The summed E-state index contributed by atoms with van der Waals surface area (Å²) in [6.07, 6.45) is 2.80. The number of carbonyl (C=O) groups is 1. The van der Waals surface area contributed by atoms with Crippen molar-refractivity contribution in [3.05, 3.63) is 29.8 Å². The second-order valence-electron chi connectivity index (χ2n) is 6.06. The summed E-state index contributed by atoms with van der Waals surface area (Å²) in [7, 11) is 1.67. The van der Waals surface area contributed by atoms with E-state index in [-0.39, 0.29) is 12.6 Å². The number of aliphatic hydroxyl groups excluding tert-OH is 1. The molecule has 0 heterocycles. The van der Waals surface area contributed by atoms with Crippen molar-refractivity contribution >= 4 is 5.97 Å². The van der Waals surface area contributed by atoms with E-state index in [2.05, 4.69) is 4.90 Å². The highest BCUT2D eigenvalue weighted by atomic mass is 16.5. The van der Waals surface area contributed by atoms with Gasteiger partial charge in [-0.05, 0) is 25.3 Å². The average Bonchev–Trinajstić information content (AvgIpc) is 3.38. The first-order chi connectivity index (χ1) is 11.1. The van der Waals surface area contributed by atoms with E-state index in [1.54, 1.807) is 7.11 Å². The minimum Gasteiger partial charge on any atom is -0.496 e. The van der Waals surface area contributed by atoms with Crippen molar-refractivity contribution in [3.63, 3.8) is 0 Å². The van der Waals surface area contributed by atoms with Crippen LogP contribution in [-0.4, -0.2) is 48.4 Å². The Morgan fingerprint density at radius 2 is 2.13 bits per heavy atom. The monoisotopic (exact) mass is 321 g/mol. The highest BCUT2D eigenvalue weighted by molar-refractivity contribution is 5.69. The molecule has 1 saturated carbocycles. The lowest BCUT2D eigenvalue weighted by Gasteiger charge is -2.25. The lowest BCUT2D eigenvalue weighted by molar-refractivity contribution is -0.147. The van der Waals surface area contributed by atoms with Crippen LogP contribution in [0.5, 0.6) is 5.75 Å². The van der Waals surface area contributed by atoms with E-state index in [9.17, 15) is 9.90 Å². The Hall–Kier alpha value is -1.59. The SMILES string of the molecule is CCCC(=O)OCC(O)CN(Cc1ccccc1OC)C1CC1. The fourth-order valence-electron chi connectivity index (χ4n) is 2.62. The summed E-state index contributed by atoms with van der Waals surface area (Å²) in [6, 6.07) is 8.43. The van der Waals surface area contributed by atoms with Crippen molar-refractivity contribution < 1.29 is 19.4 Å². The Kier molecular flexibility index (Phi) is 6.86. The number of rotatable bonds is 10. The molecule has 1 aromatic rings. The molecule has 1 fully saturated rings. The third-order valence-electron chi connectivity index (χ3n) is 3.97. The molecule has 1 aliphatic rings. The van der Waals surface area contributed by atoms with E-state index in [0.29, 0.717) is 19.0 Å². The molecule has 0 aliphatic heterocycles. The smallest absolute Gasteiger partial charge is 0.305 e. The van der Waals surface area contributed by atoms with Gasteiger partial charge in [-0.3, -0.25) is 9.69 Å². The van der Waals surface area contributed by atoms with Crippen molar-refractivity contribution in [2.45, 2.75) is 51.3 Å². The summed E-state index contributed by atoms with van der Waals surface area (Å²) >= 11 is 0. The quantitative estimate of drug-likeness (QED) is 0.671. The zero-order chi connectivity index (χ0) is 16.7. The van der Waals surface area contributed by atoms with Crippen LogP contribution in [0.1, 0.15) is 38.2 Å². The minimum absolute atomic E-state index is 0.0635. The van der Waals surface area contributed by atoms with Gasteiger partial charge in [-0.2, -0.15) is 0 Å². The molecule has 5 heteroatoms. The molecule has 0 bridgehead atoms. The van der Waals surface area contributed by atoms with Crippen LogP contribution in [-0.2, 0) is 16.1 Å². The largest absolute Gasteiger partial charge is 0.496 e. The summed E-state index contributed by atoms with van der Waals surface area (Å²) in [5.41, 5.74) is 1.11. The molecule has 0 amide bonds. The summed E-state index contributed by atoms with van der Waals surface area (Å²) in [4.78, 5) is 13.6. The molecule has 0 radical (unpaired) electrons. The first kappa shape index (κ1) is 17.8. The highest BCUT2D eigenvalue weighted by Gasteiger charge is 2.31. The number of aliphatic hydroxyl groups is 1. The highest BCUT2D eigenvalue weighted by Crippen LogP contribution is 2.30. The third kappa shape index (κ3) is 5.84. The van der Waals surface area contributed by atoms with E-state index in [0.717, 1.165) is 37.1 Å². The van der Waals surface area contributed by atoms with Crippen molar-refractivity contribution in [2.75, 3.05) is 20.3 Å². The van der Waals surface area contributed by atoms with Gasteiger partial charge < -0.3 is 14.6 Å². The molecule has 0 spiro atoms. The molecule has 1 atom stereocenters. The molecule has 0 aromatic heterocycles. The maximum atomic E-state index is 11.4. The van der Waals surface area contributed by atoms with Gasteiger partial charge in [-0.15, -0.1) is 0 Å². The molecule has 128 valence electrons. The number of carbonyl (C=O) groups excluding carboxylic acids is 1. The Bertz CT molecular complexity index is 502. The van der Waals surface area contributed by atoms with E-state index in [4.69, 9.17) is 9.47 Å². The molecule has 2 rings (SSSR count). The van der Waals surface area contributed by atoms with Gasteiger partial charge in [0.2, 0.25) is 0 Å². The van der Waals surface area contributed by atoms with Crippen molar-refractivity contribution in [3.8, 4) is 5.75 Å². The van der Waals surface area contributed by atoms with Crippen LogP contribution in [0.3, 0.4) is 0 Å². The van der Waals surface area contributed by atoms with Gasteiger partial charge in [-0.1, -0.05) is 25.1 Å². The van der Waals surface area contributed by atoms with E-state index in [1.165, 1.54) is 0 Å². The van der Waals surface area contributed by atoms with Gasteiger partial charge in [0.1, 0.15) is 18.5 Å². The molecule has 1 N–H and O–H groups in total. The van der Waals surface area contributed by atoms with E-state index < -0.39 is 6.10 Å². The first-order valence-electron chi connectivity index (χ1n) is 8.33. The maximum Gasteiger partial charge on any atom is 0.305 e. The summed E-state index contributed by atoms with van der Waals surface area (Å²) in [5, 5.41) is 10.2. The number of para-hydroxylation sites is 1. The predicted molar refractivity (Wildman–Crippen MR) is 88.3 cm³/mol. The van der Waals surface area contributed by atoms with Crippen LogP contribution in [0.25, 0.3) is 0 Å². The molecule has 1 unspecified atom stereocenters. The topological polar surface area (TPSA) is 59.0 Å². The molecule has 5 nitrogen and oxygen atoms in total. The standard InChI is InChI=1S/C18H27NO4/c1-3-6-18(21)23-13-16(20)12-19(15-9-10-15)11-14-7-4-5-8-17(14)22-2/h4-5,7-8,15-16,20H,3,6,9-13H2,1-2H3. The van der Waals surface area contributed by atoms with Gasteiger partial charge in [0, 0.05) is 31.1 Å². The first-order valence-corrected chi connectivity index (χ1v) is 8.33. The maximum absolute atomic E-state index is 11.4. The second kappa shape index (κ2) is 8.89. The van der Waals surface area contributed by atoms with Crippen LogP contribution in [0, 0.1) is 0 Å². The molecule has 23 heavy (non-hydrogen) atoms. The molecule has 1 aromatic carbocycles. The molecule has 1 aliphatic carbocycles. The lowest BCUT2D eigenvalue weighted by Crippen LogP contribution is -2.36. The van der Waals surface area contributed by atoms with E-state index >= 15 is 0 Å². The molecular formula is C18H27NO4. The Morgan fingerprint density at radius 3 is 2.78 bits per heavy atom. The number of esters is 1. The van der Waals surface area contributed by atoms with Gasteiger partial charge in [0.05, 0.1) is 7.11 Å². The summed E-state index contributed by atoms with van der Waals surface area (Å²) in [6.45, 7) is 3.23. The number of hydrogen-bond acceptors (Lipinski definition) is 5. The van der Waals surface area contributed by atoms with Crippen LogP contribution < -0.4 is 4.74 Å². The molecular weight excluding hydrogens is 294 g/mol. The third-order valence-corrected chi connectivity index (χ3v) is 3.97. The van der Waals surface area contributed by atoms with Crippen molar-refractivity contribution in [1.82, 2.24) is 4.90 Å². The molecule has 0 saturated heterocycles. The van der Waals surface area contributed by atoms with E-state index in [1.807, 2.05) is 31.2 Å². The Labute approximate surface area is 138 Å². The fourth-order valence-corrected chi connectivity index (χ4v) is 2.62. The average molecular weight is 321 g/mol. The summed E-state index contributed by atoms with van der Waals surface area (Å²) in [5.74, 6) is 0.622. The lowest BCUT2D eigenvalue weighted by atomic mass is 10.1. The zero-order valence-electron chi connectivity index (χ0n) is 14.0. The van der Waals surface area contributed by atoms with Crippen LogP contribution in [0.15, 0.2) is 24.3 Å². The Morgan fingerprint density at radius 1 is 1.39 bits per heavy atom. The number of hydrogen-bond donors (Lipinski definition) is 1. The Balaban J connectivity index is 1.87. The van der Waals surface area contributed by atoms with Crippen molar-refractivity contribution in [2.24, 2.45) is 0 Å². The van der Waals surface area contributed by atoms with Crippen LogP contribution in [0.4, 0.5) is 0 Å². The summed E-state index contributed by atoms with van der Waals surface area (Å²) < 4.78 is 10.5. The minimum atomic E-state index is -0.661. The number of methoxy groups -OCH3 is 1. The number of nitrogens with zero attached hydrogens (tertiary/aromatic N) is 1. The zero-order valence-corrected chi connectivity index (χ0v) is 14.0. The number of benzene rings is 1. The van der Waals surface area contributed by atoms with Crippen LogP contribution >= 0.6 is 0 Å². The second-order valence-corrected chi connectivity index (χ2v) is 6.06. The van der Waals surface area contributed by atoms with Gasteiger partial charge in [0.15, 0.2) is 0 Å². The van der Waals surface area contributed by atoms with Gasteiger partial charge in [-0.25, -0.2) is 0 Å². The number of ether oxygens (including phenoxy) is 2. The van der Waals surface area contributed by atoms with Gasteiger partial charge in [0.25, 0.3) is 0 Å². The van der Waals surface area contributed by atoms with Gasteiger partial charge >= 0.3 is 5.97 Å².